The van der Waals surface area contributed by atoms with Crippen LogP contribution in [0, 0.1) is 0 Å². The van der Waals surface area contributed by atoms with Gasteiger partial charge in [-0.25, -0.2) is 4.98 Å². The Labute approximate surface area is 191 Å². The van der Waals surface area contributed by atoms with Gasteiger partial charge in [-0.15, -0.1) is 0 Å². The van der Waals surface area contributed by atoms with Crippen LogP contribution in [0.3, 0.4) is 0 Å². The van der Waals surface area contributed by atoms with Gasteiger partial charge in [-0.05, 0) is 38.5 Å². The Morgan fingerprint density at radius 1 is 1.13 bits per heavy atom. The van der Waals surface area contributed by atoms with Gasteiger partial charge in [-0.2, -0.15) is 0 Å². The van der Waals surface area contributed by atoms with Crippen molar-refractivity contribution in [1.29, 1.82) is 0 Å². The summed E-state index contributed by atoms with van der Waals surface area (Å²) in [5.41, 5.74) is 11.1. The van der Waals surface area contributed by atoms with Crippen molar-refractivity contribution in [3.05, 3.63) is 16.7 Å². The fourth-order valence-corrected chi connectivity index (χ4v) is 3.87. The number of nitrogens with two attached hydrogens (primary N) is 1. The zero-order valence-corrected chi connectivity index (χ0v) is 20.2. The lowest BCUT2D eigenvalue weighted by Gasteiger charge is -2.30. The number of nitrogens with zero attached hydrogens (tertiary/aromatic N) is 1. The van der Waals surface area contributed by atoms with Gasteiger partial charge in [-0.3, -0.25) is 0 Å². The molecule has 1 fully saturated rings. The summed E-state index contributed by atoms with van der Waals surface area (Å²) in [7, 11) is 12.3. The first-order chi connectivity index (χ1) is 14.1. The van der Waals surface area contributed by atoms with Gasteiger partial charge in [0.2, 0.25) is 0 Å². The van der Waals surface area contributed by atoms with Crippen molar-refractivity contribution < 1.29 is 18.9 Å². The number of pyridine rings is 1. The van der Waals surface area contributed by atoms with Crippen molar-refractivity contribution >= 4 is 85.2 Å². The van der Waals surface area contributed by atoms with E-state index in [2.05, 4.69) is 44.5 Å². The normalized spacial score (nSPS) is 16.9. The summed E-state index contributed by atoms with van der Waals surface area (Å²) < 4.78 is 24.7. The van der Waals surface area contributed by atoms with E-state index < -0.39 is 0 Å². The fraction of sp³-hybridized carbons (Fsp3) is 0.353. The number of aromatic nitrogens is 1. The second-order valence-corrected chi connectivity index (χ2v) is 9.45. The van der Waals surface area contributed by atoms with E-state index in [0.717, 1.165) is 43.5 Å². The molecule has 2 heterocycles. The lowest BCUT2D eigenvalue weighted by Crippen LogP contribution is -2.43. The summed E-state index contributed by atoms with van der Waals surface area (Å²) in [4.78, 5) is 4.32. The van der Waals surface area contributed by atoms with Gasteiger partial charge in [0.15, 0.2) is 11.5 Å². The molecule has 0 spiro atoms. The number of rotatable bonds is 6. The molecule has 0 aliphatic carbocycles. The molecule has 152 valence electrons. The molecule has 1 aliphatic rings. The average molecular weight is 466 g/mol. The van der Waals surface area contributed by atoms with E-state index in [9.17, 15) is 0 Å². The van der Waals surface area contributed by atoms with Gasteiger partial charge in [0, 0.05) is 17.1 Å². The quantitative estimate of drug-likeness (QED) is 0.429. The molecular formula is C17H25B6BrN2O4. The van der Waals surface area contributed by atoms with Crippen molar-refractivity contribution in [3.8, 4) is 22.6 Å². The highest BCUT2D eigenvalue weighted by Gasteiger charge is 2.25. The lowest BCUT2D eigenvalue weighted by atomic mass is 9.52. The van der Waals surface area contributed by atoms with Crippen LogP contribution in [0.5, 0.6) is 11.5 Å². The van der Waals surface area contributed by atoms with Crippen molar-refractivity contribution in [3.63, 3.8) is 0 Å². The Morgan fingerprint density at radius 3 is 2.47 bits per heavy atom. The molecule has 1 atom stereocenters. The number of nitrogen functional groups attached to an aromatic ring is 1. The van der Waals surface area contributed by atoms with Gasteiger partial charge in [-0.1, -0.05) is 5.46 Å². The highest BCUT2D eigenvalue weighted by Crippen LogP contribution is 2.30. The molecule has 0 amide bonds. The molecule has 1 aromatic heterocycles. The Balaban J connectivity index is 2.08. The highest BCUT2D eigenvalue weighted by molar-refractivity contribution is 9.10. The Kier molecular flexibility index (Phi) is 7.25. The minimum atomic E-state index is -0.383. The minimum absolute atomic E-state index is 0.0850. The monoisotopic (exact) mass is 466 g/mol. The summed E-state index contributed by atoms with van der Waals surface area (Å²) in [6, 6.07) is 1.99. The number of benzene rings is 1. The molecule has 0 unspecified atom stereocenters. The molecule has 1 saturated heterocycles. The maximum absolute atomic E-state index is 6.40. The third kappa shape index (κ3) is 5.24. The SMILES string of the molecule is Bc1c(B)c(-c2cnc(N)c(Br)c2)c(B)c(OC(B)(B)B)c1OC[C@H]1COCCO1. The third-order valence-corrected chi connectivity index (χ3v) is 5.70. The molecule has 13 heteroatoms. The van der Waals surface area contributed by atoms with E-state index in [4.69, 9.17) is 24.7 Å². The van der Waals surface area contributed by atoms with Crippen LogP contribution in [0.15, 0.2) is 16.7 Å². The van der Waals surface area contributed by atoms with Gasteiger partial charge in [0.05, 0.1) is 24.3 Å². The standard InChI is InChI=1S/C17H25B6BrN2O4/c18-11-10(7-3-9(24)16(25)26-4-7)12(19)15(30-17(21,22)23)14(13(11)20)29-6-8-5-27-1-2-28-8/h3-4,8H,1-2,5-6,18-23H2,(H2,25,26)/t8-/m1/s1. The van der Waals surface area contributed by atoms with E-state index in [1.165, 1.54) is 0 Å². The summed E-state index contributed by atoms with van der Waals surface area (Å²) in [5, 5.41) is -0.383. The smallest absolute Gasteiger partial charge is 0.153 e. The van der Waals surface area contributed by atoms with Crippen LogP contribution in [-0.2, 0) is 9.47 Å². The van der Waals surface area contributed by atoms with E-state index in [1.807, 2.05) is 29.6 Å². The number of hydrogen-bond donors (Lipinski definition) is 1. The second-order valence-electron chi connectivity index (χ2n) is 8.59. The van der Waals surface area contributed by atoms with Gasteiger partial charge in [0.25, 0.3) is 0 Å². The minimum Gasteiger partial charge on any atom is -0.511 e. The van der Waals surface area contributed by atoms with Gasteiger partial charge in [0.1, 0.15) is 65.6 Å². The van der Waals surface area contributed by atoms with Crippen LogP contribution in [0.4, 0.5) is 5.82 Å². The van der Waals surface area contributed by atoms with Crippen LogP contribution in [0.25, 0.3) is 11.1 Å². The zero-order chi connectivity index (χ0) is 22.1. The van der Waals surface area contributed by atoms with Crippen molar-refractivity contribution in [2.24, 2.45) is 0 Å². The maximum Gasteiger partial charge on any atom is 0.153 e. The van der Waals surface area contributed by atoms with Crippen LogP contribution >= 0.6 is 15.9 Å². The zero-order valence-electron chi connectivity index (χ0n) is 18.6. The molecule has 2 aromatic rings. The molecular weight excluding hydrogens is 441 g/mol. The molecule has 0 radical (unpaired) electrons. The van der Waals surface area contributed by atoms with E-state index in [0.29, 0.717) is 32.2 Å². The molecule has 3 rings (SSSR count). The van der Waals surface area contributed by atoms with Crippen LogP contribution < -0.4 is 31.6 Å². The molecule has 30 heavy (non-hydrogen) atoms. The predicted molar refractivity (Wildman–Crippen MR) is 141 cm³/mol. The van der Waals surface area contributed by atoms with Gasteiger partial charge >= 0.3 is 0 Å². The van der Waals surface area contributed by atoms with E-state index in [-0.39, 0.29) is 11.4 Å². The average Bonchev–Trinajstić information content (AvgIpc) is 2.68. The second kappa shape index (κ2) is 9.37. The first-order valence-corrected chi connectivity index (χ1v) is 10.9. The molecule has 6 nitrogen and oxygen atoms in total. The number of hydrogen-bond acceptors (Lipinski definition) is 6. The van der Waals surface area contributed by atoms with Crippen molar-refractivity contribution in [1.82, 2.24) is 4.98 Å². The summed E-state index contributed by atoms with van der Waals surface area (Å²) >= 11 is 3.49. The topological polar surface area (TPSA) is 75.8 Å². The third-order valence-electron chi connectivity index (χ3n) is 5.07. The van der Waals surface area contributed by atoms with Crippen LogP contribution in [-0.4, -0.2) is 89.9 Å². The largest absolute Gasteiger partial charge is 0.511 e. The summed E-state index contributed by atoms with van der Waals surface area (Å²) in [5.74, 6) is 1.96. The number of halogens is 1. The van der Waals surface area contributed by atoms with Crippen molar-refractivity contribution in [2.75, 3.05) is 32.2 Å². The predicted octanol–water partition coefficient (Wildman–Crippen LogP) is -5.45. The van der Waals surface area contributed by atoms with Crippen LogP contribution in [0.1, 0.15) is 0 Å². The Morgan fingerprint density at radius 2 is 1.87 bits per heavy atom. The molecule has 1 aromatic carbocycles. The highest BCUT2D eigenvalue weighted by atomic mass is 79.9. The van der Waals surface area contributed by atoms with Crippen molar-refractivity contribution in [2.45, 2.75) is 11.4 Å². The Bertz CT molecular complexity index is 938. The summed E-state index contributed by atoms with van der Waals surface area (Å²) in [6.45, 7) is 2.17. The maximum atomic E-state index is 6.40. The van der Waals surface area contributed by atoms with E-state index >= 15 is 0 Å². The Hall–Kier alpha value is -1.44. The molecule has 1 aliphatic heterocycles. The molecule has 2 N–H and O–H groups in total. The number of anilines is 1. The lowest BCUT2D eigenvalue weighted by molar-refractivity contribution is -0.101. The van der Waals surface area contributed by atoms with Crippen LogP contribution in [0.2, 0.25) is 0 Å². The molecule has 0 saturated carbocycles. The van der Waals surface area contributed by atoms with Gasteiger partial charge < -0.3 is 24.7 Å². The number of ether oxygens (including phenoxy) is 4. The first-order valence-electron chi connectivity index (χ1n) is 10.1. The fourth-order valence-electron chi connectivity index (χ4n) is 3.52. The summed E-state index contributed by atoms with van der Waals surface area (Å²) in [6.07, 6.45) is 1.71. The molecule has 0 bridgehead atoms. The first kappa shape index (κ1) is 23.2. The van der Waals surface area contributed by atoms with E-state index in [1.54, 1.807) is 6.20 Å².